The van der Waals surface area contributed by atoms with Gasteiger partial charge >= 0.3 is 6.18 Å². The molecule has 0 unspecified atom stereocenters. The maximum absolute atomic E-state index is 14.5. The molecule has 0 aliphatic carbocycles. The molecule has 12 heteroatoms. The molecule has 3 aromatic heterocycles. The number of phenols is 1. The Morgan fingerprint density at radius 3 is 2.58 bits per heavy atom. The predicted octanol–water partition coefficient (Wildman–Crippen LogP) is 6.40. The minimum Gasteiger partial charge on any atom is -0.508 e. The highest BCUT2D eigenvalue weighted by atomic mass is 35.5. The number of halogens is 5. The molecule has 7 nitrogen and oxygen atoms in total. The van der Waals surface area contributed by atoms with Crippen molar-refractivity contribution in [3.05, 3.63) is 93.7 Å². The van der Waals surface area contributed by atoms with E-state index in [0.717, 1.165) is 10.6 Å². The van der Waals surface area contributed by atoms with Gasteiger partial charge in [-0.25, -0.2) is 0 Å². The zero-order valence-electron chi connectivity index (χ0n) is 17.9. The molecule has 0 bridgehead atoms. The third kappa shape index (κ3) is 4.29. The second kappa shape index (κ2) is 8.96. The maximum Gasteiger partial charge on any atom is 0.432 e. The molecule has 0 spiro atoms. The van der Waals surface area contributed by atoms with Crippen LogP contribution in [0, 0.1) is 0 Å². The summed E-state index contributed by atoms with van der Waals surface area (Å²) in [6, 6.07) is 11.2. The monoisotopic (exact) mass is 532 g/mol. The smallest absolute Gasteiger partial charge is 0.432 e. The van der Waals surface area contributed by atoms with E-state index in [2.05, 4.69) is 15.2 Å². The normalized spacial score (nSPS) is 11.8. The summed E-state index contributed by atoms with van der Waals surface area (Å²) in [5, 5.41) is 17.8. The number of phenolic OH excluding ortho intramolecular Hbond substituents is 1. The van der Waals surface area contributed by atoms with Gasteiger partial charge in [-0.1, -0.05) is 29.3 Å². The summed E-state index contributed by atoms with van der Waals surface area (Å²) in [5.41, 5.74) is -1.22. The quantitative estimate of drug-likeness (QED) is 0.263. The molecule has 1 N–H and O–H groups in total. The Morgan fingerprint density at radius 1 is 1.08 bits per heavy atom. The molecule has 0 saturated heterocycles. The highest BCUT2D eigenvalue weighted by Gasteiger charge is 2.42. The summed E-state index contributed by atoms with van der Waals surface area (Å²) in [6.07, 6.45) is -2.05. The lowest BCUT2D eigenvalue weighted by molar-refractivity contribution is -0.143. The van der Waals surface area contributed by atoms with E-state index in [0.29, 0.717) is 16.1 Å². The number of benzene rings is 2. The van der Waals surface area contributed by atoms with Gasteiger partial charge in [0.1, 0.15) is 11.4 Å². The van der Waals surface area contributed by atoms with Gasteiger partial charge in [-0.3, -0.25) is 9.78 Å². The molecule has 0 aliphatic heterocycles. The van der Waals surface area contributed by atoms with Crippen LogP contribution in [0.1, 0.15) is 27.5 Å². The van der Waals surface area contributed by atoms with Gasteiger partial charge in [-0.15, -0.1) is 10.2 Å². The van der Waals surface area contributed by atoms with Gasteiger partial charge in [0.15, 0.2) is 0 Å². The van der Waals surface area contributed by atoms with Crippen molar-refractivity contribution < 1.29 is 27.5 Å². The molecular formula is C24H13Cl2F3N4O3. The van der Waals surface area contributed by atoms with Gasteiger partial charge in [-0.05, 0) is 48.0 Å². The van der Waals surface area contributed by atoms with Crippen LogP contribution in [0.4, 0.5) is 13.2 Å². The molecule has 0 atom stereocenters. The van der Waals surface area contributed by atoms with Crippen LogP contribution in [0.25, 0.3) is 22.4 Å². The second-order valence-electron chi connectivity index (χ2n) is 7.73. The van der Waals surface area contributed by atoms with Crippen molar-refractivity contribution in [1.82, 2.24) is 19.7 Å². The maximum atomic E-state index is 14.5. The largest absolute Gasteiger partial charge is 0.508 e. The number of rotatable bonds is 5. The van der Waals surface area contributed by atoms with Gasteiger partial charge in [-0.2, -0.15) is 13.2 Å². The van der Waals surface area contributed by atoms with Crippen LogP contribution in [0.2, 0.25) is 10.0 Å². The number of pyridine rings is 1. The SMILES string of the molecule is O=C(c1nnc(-c2cccnc2)o1)c1c(C(F)(F)F)n(Cc2ccc(Cl)cc2Cl)c2ccc(O)cc12. The Bertz CT molecular complexity index is 1610. The Hall–Kier alpha value is -3.89. The van der Waals surface area contributed by atoms with E-state index < -0.39 is 29.1 Å². The summed E-state index contributed by atoms with van der Waals surface area (Å²) in [6.45, 7) is -0.329. The zero-order chi connectivity index (χ0) is 25.6. The third-order valence-corrected chi connectivity index (χ3v) is 6.00. The van der Waals surface area contributed by atoms with E-state index in [1.54, 1.807) is 12.1 Å². The average molecular weight is 533 g/mol. The lowest BCUT2D eigenvalue weighted by Gasteiger charge is -2.15. The van der Waals surface area contributed by atoms with Crippen LogP contribution in [0.15, 0.2) is 65.3 Å². The number of nitrogens with zero attached hydrogens (tertiary/aromatic N) is 4. The number of fused-ring (bicyclic) bond motifs is 1. The lowest BCUT2D eigenvalue weighted by Crippen LogP contribution is -2.19. The molecule has 5 rings (SSSR count). The van der Waals surface area contributed by atoms with Crippen molar-refractivity contribution in [1.29, 1.82) is 0 Å². The number of aromatic hydroxyl groups is 1. The minimum atomic E-state index is -4.97. The standard InChI is InChI=1S/C24H13Cl2F3N4O3/c25-14-4-3-13(17(26)8-14)11-33-18-6-5-15(34)9-16(18)19(21(33)24(27,28)29)20(35)23-32-31-22(36-23)12-2-1-7-30-10-12/h1-10,34H,11H2. The molecule has 0 fully saturated rings. The summed E-state index contributed by atoms with van der Waals surface area (Å²) in [5.74, 6) is -2.21. The molecule has 2 aromatic carbocycles. The first-order chi connectivity index (χ1) is 17.1. The van der Waals surface area contributed by atoms with E-state index in [1.807, 2.05) is 0 Å². The van der Waals surface area contributed by atoms with Gasteiger partial charge in [0, 0.05) is 39.9 Å². The first kappa shape index (κ1) is 23.8. The Kier molecular flexibility index (Phi) is 5.93. The molecular weight excluding hydrogens is 520 g/mol. The fourth-order valence-corrected chi connectivity index (χ4v) is 4.35. The molecule has 0 amide bonds. The molecule has 5 aromatic rings. The number of alkyl halides is 3. The minimum absolute atomic E-state index is 0.0430. The number of ketones is 1. The van der Waals surface area contributed by atoms with E-state index in [1.165, 1.54) is 42.7 Å². The summed E-state index contributed by atoms with van der Waals surface area (Å²) in [7, 11) is 0. The number of carbonyl (C=O) groups is 1. The molecule has 3 heterocycles. The molecule has 0 radical (unpaired) electrons. The lowest BCUT2D eigenvalue weighted by atomic mass is 10.1. The van der Waals surface area contributed by atoms with Crippen LogP contribution in [-0.2, 0) is 12.7 Å². The molecule has 182 valence electrons. The van der Waals surface area contributed by atoms with Crippen molar-refractivity contribution in [3.8, 4) is 17.2 Å². The summed E-state index contributed by atoms with van der Waals surface area (Å²) < 4.78 is 49.8. The Morgan fingerprint density at radius 2 is 1.89 bits per heavy atom. The van der Waals surface area contributed by atoms with Crippen LogP contribution >= 0.6 is 23.2 Å². The van der Waals surface area contributed by atoms with Gasteiger partial charge in [0.2, 0.25) is 5.89 Å². The number of aromatic nitrogens is 4. The van der Waals surface area contributed by atoms with Crippen molar-refractivity contribution in [2.75, 3.05) is 0 Å². The fourth-order valence-electron chi connectivity index (χ4n) is 3.88. The van der Waals surface area contributed by atoms with Gasteiger partial charge < -0.3 is 14.1 Å². The number of hydrogen-bond donors (Lipinski definition) is 1. The van der Waals surface area contributed by atoms with Crippen molar-refractivity contribution in [2.45, 2.75) is 12.7 Å². The molecule has 36 heavy (non-hydrogen) atoms. The van der Waals surface area contributed by atoms with Gasteiger partial charge in [0.25, 0.3) is 11.7 Å². The van der Waals surface area contributed by atoms with Crippen molar-refractivity contribution >= 4 is 39.9 Å². The van der Waals surface area contributed by atoms with Crippen LogP contribution in [-0.4, -0.2) is 30.6 Å². The fraction of sp³-hybridized carbons (Fsp3) is 0.0833. The summed E-state index contributed by atoms with van der Waals surface area (Å²) in [4.78, 5) is 17.3. The van der Waals surface area contributed by atoms with Crippen LogP contribution in [0.5, 0.6) is 5.75 Å². The van der Waals surface area contributed by atoms with Gasteiger partial charge in [0.05, 0.1) is 11.1 Å². The van der Waals surface area contributed by atoms with E-state index >= 15 is 0 Å². The predicted molar refractivity (Wildman–Crippen MR) is 125 cm³/mol. The third-order valence-electron chi connectivity index (χ3n) is 5.41. The highest BCUT2D eigenvalue weighted by Crippen LogP contribution is 2.41. The number of carbonyl (C=O) groups excluding carboxylic acids is 1. The topological polar surface area (TPSA) is 94.0 Å². The summed E-state index contributed by atoms with van der Waals surface area (Å²) >= 11 is 12.1. The van der Waals surface area contributed by atoms with Crippen molar-refractivity contribution in [2.24, 2.45) is 0 Å². The first-order valence-corrected chi connectivity index (χ1v) is 11.0. The van der Waals surface area contributed by atoms with Crippen LogP contribution in [0.3, 0.4) is 0 Å². The Balaban J connectivity index is 1.71. The van der Waals surface area contributed by atoms with Crippen LogP contribution < -0.4 is 0 Å². The first-order valence-electron chi connectivity index (χ1n) is 10.3. The van der Waals surface area contributed by atoms with E-state index in [-0.39, 0.29) is 34.1 Å². The van der Waals surface area contributed by atoms with E-state index in [4.69, 9.17) is 27.6 Å². The number of hydrogen-bond acceptors (Lipinski definition) is 6. The molecule has 0 aliphatic rings. The Labute approximate surface area is 210 Å². The second-order valence-corrected chi connectivity index (χ2v) is 8.57. The van der Waals surface area contributed by atoms with Crippen molar-refractivity contribution in [3.63, 3.8) is 0 Å². The average Bonchev–Trinajstić information content (AvgIpc) is 3.44. The van der Waals surface area contributed by atoms with E-state index in [9.17, 15) is 23.1 Å². The zero-order valence-corrected chi connectivity index (χ0v) is 19.4. The molecule has 0 saturated carbocycles. The highest BCUT2D eigenvalue weighted by molar-refractivity contribution is 6.35.